The van der Waals surface area contributed by atoms with Gasteiger partial charge in [0.15, 0.2) is 5.82 Å². The Morgan fingerprint density at radius 1 is 1.50 bits per heavy atom. The van der Waals surface area contributed by atoms with E-state index in [1.807, 2.05) is 10.6 Å². The van der Waals surface area contributed by atoms with E-state index in [-0.39, 0.29) is 5.41 Å². The molecule has 1 aliphatic carbocycles. The van der Waals surface area contributed by atoms with Gasteiger partial charge >= 0.3 is 0 Å². The molecular formula is C10H14N6. The van der Waals surface area contributed by atoms with Gasteiger partial charge < -0.3 is 11.1 Å². The molecule has 0 radical (unpaired) electrons. The van der Waals surface area contributed by atoms with Crippen molar-refractivity contribution in [1.29, 1.82) is 0 Å². The number of nitrogens with one attached hydrogen (secondary N) is 1. The van der Waals surface area contributed by atoms with E-state index < -0.39 is 0 Å². The fourth-order valence-corrected chi connectivity index (χ4v) is 1.78. The van der Waals surface area contributed by atoms with Crippen LogP contribution in [-0.4, -0.2) is 32.7 Å². The van der Waals surface area contributed by atoms with Gasteiger partial charge in [0.25, 0.3) is 0 Å². The summed E-state index contributed by atoms with van der Waals surface area (Å²) in [6, 6.07) is 0. The number of aromatic nitrogens is 4. The van der Waals surface area contributed by atoms with E-state index in [0.717, 1.165) is 24.6 Å². The maximum absolute atomic E-state index is 5.73. The summed E-state index contributed by atoms with van der Waals surface area (Å²) in [6.45, 7) is 1.60. The van der Waals surface area contributed by atoms with E-state index >= 15 is 0 Å². The average molecular weight is 218 g/mol. The van der Waals surface area contributed by atoms with Gasteiger partial charge in [-0.1, -0.05) is 0 Å². The van der Waals surface area contributed by atoms with Gasteiger partial charge in [0.05, 0.1) is 0 Å². The Labute approximate surface area is 92.9 Å². The molecule has 3 rings (SSSR count). The van der Waals surface area contributed by atoms with Gasteiger partial charge in [-0.05, 0) is 24.8 Å². The van der Waals surface area contributed by atoms with Gasteiger partial charge in [-0.2, -0.15) is 0 Å². The van der Waals surface area contributed by atoms with Gasteiger partial charge in [-0.25, -0.2) is 4.98 Å². The van der Waals surface area contributed by atoms with E-state index in [9.17, 15) is 0 Å². The first-order chi connectivity index (χ1) is 7.83. The summed E-state index contributed by atoms with van der Waals surface area (Å²) in [5.74, 6) is 0.778. The van der Waals surface area contributed by atoms with Gasteiger partial charge in [-0.3, -0.25) is 4.40 Å². The van der Waals surface area contributed by atoms with Crippen LogP contribution in [0.15, 0.2) is 18.7 Å². The van der Waals surface area contributed by atoms with Crippen molar-refractivity contribution in [2.24, 2.45) is 11.1 Å². The van der Waals surface area contributed by atoms with E-state index in [2.05, 4.69) is 20.5 Å². The van der Waals surface area contributed by atoms with Gasteiger partial charge in [0, 0.05) is 18.9 Å². The van der Waals surface area contributed by atoms with E-state index in [4.69, 9.17) is 5.73 Å². The van der Waals surface area contributed by atoms with Crippen LogP contribution in [0, 0.1) is 5.41 Å². The van der Waals surface area contributed by atoms with E-state index in [1.165, 1.54) is 12.8 Å². The van der Waals surface area contributed by atoms with Crippen LogP contribution < -0.4 is 11.1 Å². The lowest BCUT2D eigenvalue weighted by atomic mass is 10.1. The Morgan fingerprint density at radius 2 is 2.38 bits per heavy atom. The molecule has 2 heterocycles. The van der Waals surface area contributed by atoms with Crippen LogP contribution in [0.25, 0.3) is 5.65 Å². The fraction of sp³-hybridized carbons (Fsp3) is 0.500. The van der Waals surface area contributed by atoms with Crippen molar-refractivity contribution in [3.05, 3.63) is 18.7 Å². The largest absolute Gasteiger partial charge is 0.366 e. The molecule has 3 N–H and O–H groups in total. The van der Waals surface area contributed by atoms with Crippen LogP contribution >= 0.6 is 0 Å². The minimum Gasteiger partial charge on any atom is -0.366 e. The molecule has 1 saturated carbocycles. The third-order valence-electron chi connectivity index (χ3n) is 3.24. The molecular weight excluding hydrogens is 204 g/mol. The molecule has 0 aromatic carbocycles. The molecule has 0 atom stereocenters. The highest BCUT2D eigenvalue weighted by Gasteiger charge is 2.41. The quantitative estimate of drug-likeness (QED) is 0.770. The molecule has 1 aliphatic rings. The van der Waals surface area contributed by atoms with Gasteiger partial charge in [0.2, 0.25) is 5.65 Å². The second-order valence-electron chi connectivity index (χ2n) is 4.40. The van der Waals surface area contributed by atoms with E-state index in [0.29, 0.717) is 0 Å². The topological polar surface area (TPSA) is 81.1 Å². The minimum absolute atomic E-state index is 0.286. The van der Waals surface area contributed by atoms with E-state index in [1.54, 1.807) is 12.5 Å². The number of anilines is 1. The second-order valence-corrected chi connectivity index (χ2v) is 4.40. The summed E-state index contributed by atoms with van der Waals surface area (Å²) in [4.78, 5) is 4.27. The lowest BCUT2D eigenvalue weighted by Gasteiger charge is -2.13. The highest BCUT2D eigenvalue weighted by molar-refractivity contribution is 5.61. The highest BCUT2D eigenvalue weighted by Crippen LogP contribution is 2.44. The summed E-state index contributed by atoms with van der Waals surface area (Å²) >= 11 is 0. The predicted octanol–water partition coefficient (Wildman–Crippen LogP) is 0.275. The molecule has 84 valence electrons. The summed E-state index contributed by atoms with van der Waals surface area (Å²) in [5, 5.41) is 11.2. The van der Waals surface area contributed by atoms with Crippen molar-refractivity contribution in [3.63, 3.8) is 0 Å². The first-order valence-corrected chi connectivity index (χ1v) is 5.41. The summed E-state index contributed by atoms with van der Waals surface area (Å²) in [7, 11) is 0. The van der Waals surface area contributed by atoms with Crippen LogP contribution in [0.3, 0.4) is 0 Å². The molecule has 6 nitrogen and oxygen atoms in total. The zero-order chi connectivity index (χ0) is 11.0. The maximum atomic E-state index is 5.73. The van der Waals surface area contributed by atoms with Crippen molar-refractivity contribution in [2.45, 2.75) is 12.8 Å². The molecule has 0 amide bonds. The van der Waals surface area contributed by atoms with Crippen molar-refractivity contribution < 1.29 is 0 Å². The van der Waals surface area contributed by atoms with Crippen LogP contribution in [0.4, 0.5) is 5.82 Å². The third-order valence-corrected chi connectivity index (χ3v) is 3.24. The third kappa shape index (κ3) is 1.51. The van der Waals surface area contributed by atoms with Gasteiger partial charge in [0.1, 0.15) is 6.33 Å². The molecule has 2 aromatic rings. The normalized spacial score (nSPS) is 17.6. The Bertz CT molecular complexity index is 501. The second kappa shape index (κ2) is 3.41. The molecule has 0 bridgehead atoms. The molecule has 0 saturated heterocycles. The lowest BCUT2D eigenvalue weighted by Crippen LogP contribution is -2.24. The first-order valence-electron chi connectivity index (χ1n) is 5.41. The molecule has 2 aromatic heterocycles. The predicted molar refractivity (Wildman–Crippen MR) is 60.0 cm³/mol. The zero-order valence-electron chi connectivity index (χ0n) is 8.93. The molecule has 1 fully saturated rings. The molecule has 0 spiro atoms. The van der Waals surface area contributed by atoms with Crippen LogP contribution in [0.2, 0.25) is 0 Å². The zero-order valence-corrected chi connectivity index (χ0v) is 8.93. The summed E-state index contributed by atoms with van der Waals surface area (Å²) in [5.41, 5.74) is 6.78. The van der Waals surface area contributed by atoms with Crippen LogP contribution in [0.1, 0.15) is 12.8 Å². The summed E-state index contributed by atoms with van der Waals surface area (Å²) in [6.07, 6.45) is 7.63. The Kier molecular flexibility index (Phi) is 2.03. The fourth-order valence-electron chi connectivity index (χ4n) is 1.78. The number of nitrogens with zero attached hydrogens (tertiary/aromatic N) is 4. The first kappa shape index (κ1) is 9.53. The summed E-state index contributed by atoms with van der Waals surface area (Å²) < 4.78 is 1.84. The number of rotatable bonds is 4. The van der Waals surface area contributed by atoms with Crippen molar-refractivity contribution >= 4 is 11.5 Å². The highest BCUT2D eigenvalue weighted by atomic mass is 15.2. The average Bonchev–Trinajstić information content (AvgIpc) is 2.94. The number of hydrogen-bond acceptors (Lipinski definition) is 5. The van der Waals surface area contributed by atoms with Crippen molar-refractivity contribution in [1.82, 2.24) is 19.6 Å². The SMILES string of the molecule is NCC1(CNc2nccn3cnnc23)CC1. The number of nitrogens with two attached hydrogens (primary N) is 1. The van der Waals surface area contributed by atoms with Crippen LogP contribution in [-0.2, 0) is 0 Å². The molecule has 0 aliphatic heterocycles. The number of fused-ring (bicyclic) bond motifs is 1. The van der Waals surface area contributed by atoms with Crippen molar-refractivity contribution in [2.75, 3.05) is 18.4 Å². The molecule has 6 heteroatoms. The smallest absolute Gasteiger partial charge is 0.203 e. The Morgan fingerprint density at radius 3 is 3.12 bits per heavy atom. The maximum Gasteiger partial charge on any atom is 0.203 e. The Balaban J connectivity index is 1.81. The lowest BCUT2D eigenvalue weighted by molar-refractivity contribution is 0.555. The molecule has 16 heavy (non-hydrogen) atoms. The van der Waals surface area contributed by atoms with Crippen molar-refractivity contribution in [3.8, 4) is 0 Å². The van der Waals surface area contributed by atoms with Gasteiger partial charge in [-0.15, -0.1) is 10.2 Å². The monoisotopic (exact) mass is 218 g/mol. The minimum atomic E-state index is 0.286. The molecule has 0 unspecified atom stereocenters. The Hall–Kier alpha value is -1.69. The van der Waals surface area contributed by atoms with Crippen LogP contribution in [0.5, 0.6) is 0 Å². The standard InChI is InChI=1S/C10H14N6/c11-5-10(1-2-10)6-13-8-9-15-14-7-16(9)4-3-12-8/h3-4,7H,1-2,5-6,11H2,(H,12,13). The number of hydrogen-bond donors (Lipinski definition) is 2.